The first-order chi connectivity index (χ1) is 6.45. The van der Waals surface area contributed by atoms with Crippen molar-refractivity contribution in [3.63, 3.8) is 0 Å². The lowest BCUT2D eigenvalue weighted by Crippen LogP contribution is -2.33. The SMILES string of the molecule is I.N[C@@H](CSSC[C@H](N)C(=O)O)C(=O)O. The van der Waals surface area contributed by atoms with Gasteiger partial charge in [0, 0.05) is 11.5 Å². The lowest BCUT2D eigenvalue weighted by Gasteiger charge is -2.07. The number of carbonyl (C=O) groups is 2. The predicted octanol–water partition coefficient (Wildman–Crippen LogP) is -0.190. The fourth-order valence-electron chi connectivity index (χ4n) is 0.385. The summed E-state index contributed by atoms with van der Waals surface area (Å²) in [4.78, 5) is 20.5. The highest BCUT2D eigenvalue weighted by Gasteiger charge is 2.14. The van der Waals surface area contributed by atoms with E-state index in [4.69, 9.17) is 21.7 Å². The fourth-order valence-corrected chi connectivity index (χ4v) is 2.61. The summed E-state index contributed by atoms with van der Waals surface area (Å²) in [5.41, 5.74) is 10.4. The number of rotatable bonds is 7. The van der Waals surface area contributed by atoms with E-state index in [-0.39, 0.29) is 35.5 Å². The first-order valence-electron chi connectivity index (χ1n) is 3.66. The second-order valence-corrected chi connectivity index (χ2v) is 5.01. The van der Waals surface area contributed by atoms with Crippen LogP contribution in [0, 0.1) is 0 Å². The molecule has 0 aliphatic rings. The van der Waals surface area contributed by atoms with E-state index in [1.54, 1.807) is 0 Å². The third-order valence-electron chi connectivity index (χ3n) is 1.21. The second-order valence-electron chi connectivity index (χ2n) is 2.46. The second kappa shape index (κ2) is 9.51. The van der Waals surface area contributed by atoms with E-state index in [1.165, 1.54) is 21.6 Å². The lowest BCUT2D eigenvalue weighted by atomic mass is 10.4. The summed E-state index contributed by atoms with van der Waals surface area (Å²) in [5, 5.41) is 16.8. The van der Waals surface area contributed by atoms with Crippen molar-refractivity contribution in [1.29, 1.82) is 0 Å². The molecule has 0 amide bonds. The van der Waals surface area contributed by atoms with Crippen molar-refractivity contribution < 1.29 is 19.8 Å². The smallest absolute Gasteiger partial charge is 0.321 e. The van der Waals surface area contributed by atoms with Crippen molar-refractivity contribution in [2.75, 3.05) is 11.5 Å². The molecule has 9 heteroatoms. The summed E-state index contributed by atoms with van der Waals surface area (Å²) in [6.07, 6.45) is 0. The van der Waals surface area contributed by atoms with Gasteiger partial charge in [0.1, 0.15) is 12.1 Å². The molecule has 0 aliphatic heterocycles. The zero-order valence-corrected chi connectivity index (χ0v) is 11.6. The third kappa shape index (κ3) is 9.23. The molecule has 0 aromatic heterocycles. The molecule has 6 N–H and O–H groups in total. The van der Waals surface area contributed by atoms with Gasteiger partial charge in [-0.1, -0.05) is 21.6 Å². The number of halogens is 1. The Morgan fingerprint density at radius 1 is 1.00 bits per heavy atom. The van der Waals surface area contributed by atoms with E-state index < -0.39 is 24.0 Å². The van der Waals surface area contributed by atoms with E-state index in [9.17, 15) is 9.59 Å². The largest absolute Gasteiger partial charge is 0.480 e. The van der Waals surface area contributed by atoms with Crippen molar-refractivity contribution in [3.05, 3.63) is 0 Å². The summed E-state index contributed by atoms with van der Waals surface area (Å²) < 4.78 is 0. The Balaban J connectivity index is 0. The maximum atomic E-state index is 10.3. The first-order valence-corrected chi connectivity index (χ1v) is 6.15. The molecule has 0 bridgehead atoms. The van der Waals surface area contributed by atoms with Crippen molar-refractivity contribution in [2.45, 2.75) is 12.1 Å². The van der Waals surface area contributed by atoms with E-state index in [1.807, 2.05) is 0 Å². The maximum absolute atomic E-state index is 10.3. The quantitative estimate of drug-likeness (QED) is 0.277. The van der Waals surface area contributed by atoms with Gasteiger partial charge in [-0.2, -0.15) is 0 Å². The number of carboxylic acid groups (broad SMARTS) is 2. The van der Waals surface area contributed by atoms with Gasteiger partial charge in [-0.3, -0.25) is 9.59 Å². The van der Waals surface area contributed by atoms with Crippen LogP contribution in [0.1, 0.15) is 0 Å². The molecule has 0 heterocycles. The summed E-state index contributed by atoms with van der Waals surface area (Å²) in [6.45, 7) is 0. The Hall–Kier alpha value is 0.290. The molecule has 0 aromatic rings. The minimum atomic E-state index is -1.07. The molecule has 0 rings (SSSR count). The molecule has 0 saturated carbocycles. The standard InChI is InChI=1S/C6H12N2O4S2.HI/c7-3(5(9)10)1-13-14-2-4(8)6(11)12;/h3-4H,1-2,7-8H2,(H,9,10)(H,11,12);1H/t3-,4-;/m0./s1. The molecule has 15 heavy (non-hydrogen) atoms. The summed E-state index contributed by atoms with van der Waals surface area (Å²) in [5.74, 6) is -1.68. The molecule has 6 nitrogen and oxygen atoms in total. The van der Waals surface area contributed by atoms with Gasteiger partial charge in [-0.15, -0.1) is 24.0 Å². The minimum Gasteiger partial charge on any atom is -0.480 e. The summed E-state index contributed by atoms with van der Waals surface area (Å²) in [6, 6.07) is -1.85. The van der Waals surface area contributed by atoms with Crippen LogP contribution < -0.4 is 11.5 Å². The highest BCUT2D eigenvalue weighted by molar-refractivity contribution is 14.0. The highest BCUT2D eigenvalue weighted by Crippen LogP contribution is 2.22. The van der Waals surface area contributed by atoms with Gasteiger partial charge in [-0.25, -0.2) is 0 Å². The lowest BCUT2D eigenvalue weighted by molar-refractivity contribution is -0.138. The van der Waals surface area contributed by atoms with Crippen LogP contribution in [0.5, 0.6) is 0 Å². The molecule has 0 saturated heterocycles. The van der Waals surface area contributed by atoms with Gasteiger partial charge in [0.05, 0.1) is 0 Å². The molecule has 2 atom stereocenters. The predicted molar refractivity (Wildman–Crippen MR) is 71.6 cm³/mol. The first kappa shape index (κ1) is 17.7. The Morgan fingerprint density at radius 3 is 1.47 bits per heavy atom. The van der Waals surface area contributed by atoms with E-state index in [2.05, 4.69) is 0 Å². The van der Waals surface area contributed by atoms with Gasteiger partial charge < -0.3 is 21.7 Å². The molecule has 0 radical (unpaired) electrons. The van der Waals surface area contributed by atoms with Crippen LogP contribution in [0.25, 0.3) is 0 Å². The highest BCUT2D eigenvalue weighted by atomic mass is 127. The van der Waals surface area contributed by atoms with Gasteiger partial charge in [0.15, 0.2) is 0 Å². The van der Waals surface area contributed by atoms with Crippen LogP contribution in [0.3, 0.4) is 0 Å². The molecule has 0 fully saturated rings. The Labute approximate surface area is 112 Å². The average Bonchev–Trinajstić information content (AvgIpc) is 2.11. The van der Waals surface area contributed by atoms with Crippen LogP contribution >= 0.6 is 45.6 Å². The van der Waals surface area contributed by atoms with Crippen LogP contribution in [0.15, 0.2) is 0 Å². The summed E-state index contributed by atoms with van der Waals surface area (Å²) in [7, 11) is 2.41. The number of nitrogens with two attached hydrogens (primary N) is 2. The van der Waals surface area contributed by atoms with Gasteiger partial charge >= 0.3 is 11.9 Å². The molecule has 90 valence electrons. The Kier molecular flexibility index (Phi) is 11.2. The average molecular weight is 368 g/mol. The van der Waals surface area contributed by atoms with E-state index >= 15 is 0 Å². The molecular weight excluding hydrogens is 355 g/mol. The van der Waals surface area contributed by atoms with Crippen LogP contribution in [-0.4, -0.2) is 45.7 Å². The van der Waals surface area contributed by atoms with Crippen LogP contribution in [0.4, 0.5) is 0 Å². The molecule has 0 aliphatic carbocycles. The molecule has 0 aromatic carbocycles. The number of aliphatic carboxylic acids is 2. The molecule has 0 unspecified atom stereocenters. The molecule has 0 spiro atoms. The van der Waals surface area contributed by atoms with E-state index in [0.29, 0.717) is 0 Å². The Morgan fingerprint density at radius 2 is 1.27 bits per heavy atom. The zero-order chi connectivity index (χ0) is 11.1. The molecular formula is C6H13IN2O4S2. The van der Waals surface area contributed by atoms with Gasteiger partial charge in [0.25, 0.3) is 0 Å². The van der Waals surface area contributed by atoms with Crippen LogP contribution in [0.2, 0.25) is 0 Å². The van der Waals surface area contributed by atoms with Gasteiger partial charge in [0.2, 0.25) is 0 Å². The minimum absolute atomic E-state index is 0. The van der Waals surface area contributed by atoms with Crippen LogP contribution in [-0.2, 0) is 9.59 Å². The van der Waals surface area contributed by atoms with Gasteiger partial charge in [-0.05, 0) is 0 Å². The Bertz CT molecular complexity index is 197. The monoisotopic (exact) mass is 368 g/mol. The maximum Gasteiger partial charge on any atom is 0.321 e. The topological polar surface area (TPSA) is 127 Å². The number of hydrogen-bond donors (Lipinski definition) is 4. The third-order valence-corrected chi connectivity index (χ3v) is 3.69. The normalized spacial score (nSPS) is 13.7. The zero-order valence-electron chi connectivity index (χ0n) is 7.66. The number of carboxylic acids is 2. The van der Waals surface area contributed by atoms with Crippen molar-refractivity contribution in [3.8, 4) is 0 Å². The van der Waals surface area contributed by atoms with Crippen molar-refractivity contribution >= 4 is 57.5 Å². The fraction of sp³-hybridized carbons (Fsp3) is 0.667. The van der Waals surface area contributed by atoms with Crippen molar-refractivity contribution in [2.24, 2.45) is 11.5 Å². The number of hydrogen-bond acceptors (Lipinski definition) is 6. The van der Waals surface area contributed by atoms with Crippen molar-refractivity contribution in [1.82, 2.24) is 0 Å². The summed E-state index contributed by atoms with van der Waals surface area (Å²) >= 11 is 0. The van der Waals surface area contributed by atoms with E-state index in [0.717, 1.165) is 0 Å².